The van der Waals surface area contributed by atoms with E-state index in [1.807, 2.05) is 48.2 Å². The third-order valence-electron chi connectivity index (χ3n) is 5.95. The zero-order valence-corrected chi connectivity index (χ0v) is 20.9. The van der Waals surface area contributed by atoms with Gasteiger partial charge in [-0.05, 0) is 83.4 Å². The number of amides is 2. The third kappa shape index (κ3) is 4.50. The number of ether oxygens (including phenoxy) is 1. The number of carbonyl (C=O) groups is 2. The average Bonchev–Trinajstić information content (AvgIpc) is 2.81. The van der Waals surface area contributed by atoms with Crippen LogP contribution in [0.25, 0.3) is 0 Å². The van der Waals surface area contributed by atoms with Gasteiger partial charge in [0, 0.05) is 34.4 Å². The second-order valence-corrected chi connectivity index (χ2v) is 9.31. The van der Waals surface area contributed by atoms with Gasteiger partial charge in [-0.2, -0.15) is 0 Å². The standard InChI is InChI=1S/C26H24BrClN2O3/c1-16-14-25(30(17(2)31)19-10-13-22(27)23(28)15-19)21-6-4-5-7-24(21)29(16)26(32)18-8-11-20(33-3)12-9-18/h4-13,15-16,25H,14H2,1-3H3/t16-,25+/m0/s1. The number of rotatable bonds is 4. The van der Waals surface area contributed by atoms with Gasteiger partial charge in [0.2, 0.25) is 5.91 Å². The quantitative estimate of drug-likeness (QED) is 0.382. The fraction of sp³-hybridized carbons (Fsp3) is 0.231. The Kier molecular flexibility index (Phi) is 6.77. The fourth-order valence-electron chi connectivity index (χ4n) is 4.42. The minimum Gasteiger partial charge on any atom is -0.497 e. The second-order valence-electron chi connectivity index (χ2n) is 8.05. The van der Waals surface area contributed by atoms with Crippen molar-refractivity contribution in [3.63, 3.8) is 0 Å². The highest BCUT2D eigenvalue weighted by molar-refractivity contribution is 9.10. The first-order chi connectivity index (χ1) is 15.8. The minimum atomic E-state index is -0.231. The molecule has 0 aromatic heterocycles. The van der Waals surface area contributed by atoms with Crippen molar-refractivity contribution in [2.24, 2.45) is 0 Å². The average molecular weight is 528 g/mol. The summed E-state index contributed by atoms with van der Waals surface area (Å²) in [5.74, 6) is 0.524. The number of fused-ring (bicyclic) bond motifs is 1. The van der Waals surface area contributed by atoms with Crippen molar-refractivity contribution < 1.29 is 14.3 Å². The predicted molar refractivity (Wildman–Crippen MR) is 135 cm³/mol. The smallest absolute Gasteiger partial charge is 0.258 e. The Balaban J connectivity index is 1.76. The molecular weight excluding hydrogens is 504 g/mol. The summed E-state index contributed by atoms with van der Waals surface area (Å²) in [6, 6.07) is 20.0. The van der Waals surface area contributed by atoms with Crippen molar-refractivity contribution in [3.8, 4) is 5.75 Å². The maximum absolute atomic E-state index is 13.5. The molecule has 0 fully saturated rings. The molecular formula is C26H24BrClN2O3. The first-order valence-electron chi connectivity index (χ1n) is 10.6. The first kappa shape index (κ1) is 23.3. The van der Waals surface area contributed by atoms with Crippen LogP contribution in [0.2, 0.25) is 5.02 Å². The number of para-hydroxylation sites is 1. The van der Waals surface area contributed by atoms with Crippen LogP contribution >= 0.6 is 27.5 Å². The monoisotopic (exact) mass is 526 g/mol. The maximum Gasteiger partial charge on any atom is 0.258 e. The molecule has 170 valence electrons. The molecule has 4 rings (SSSR count). The van der Waals surface area contributed by atoms with Crippen LogP contribution in [0, 0.1) is 0 Å². The van der Waals surface area contributed by atoms with Gasteiger partial charge in [-0.15, -0.1) is 0 Å². The molecule has 0 saturated heterocycles. The SMILES string of the molecule is COc1ccc(C(=O)N2c3ccccc3[C@H](N(C(C)=O)c3ccc(Br)c(Cl)c3)C[C@@H]2C)cc1. The number of methoxy groups -OCH3 is 1. The molecule has 5 nitrogen and oxygen atoms in total. The van der Waals surface area contributed by atoms with Crippen LogP contribution in [-0.2, 0) is 4.79 Å². The summed E-state index contributed by atoms with van der Waals surface area (Å²) in [4.78, 5) is 29.9. The summed E-state index contributed by atoms with van der Waals surface area (Å²) < 4.78 is 5.99. The highest BCUT2D eigenvalue weighted by atomic mass is 79.9. The van der Waals surface area contributed by atoms with Gasteiger partial charge in [0.15, 0.2) is 0 Å². The Bertz CT molecular complexity index is 1200. The van der Waals surface area contributed by atoms with Gasteiger partial charge in [0.25, 0.3) is 5.91 Å². The first-order valence-corrected chi connectivity index (χ1v) is 11.8. The van der Waals surface area contributed by atoms with E-state index < -0.39 is 0 Å². The van der Waals surface area contributed by atoms with E-state index >= 15 is 0 Å². The number of halogens is 2. The van der Waals surface area contributed by atoms with E-state index in [1.54, 1.807) is 49.3 Å². The maximum atomic E-state index is 13.5. The highest BCUT2D eigenvalue weighted by Crippen LogP contribution is 2.43. The molecule has 2 amide bonds. The molecule has 0 spiro atoms. The fourth-order valence-corrected chi connectivity index (χ4v) is 4.85. The van der Waals surface area contributed by atoms with Crippen LogP contribution in [0.5, 0.6) is 5.75 Å². The Hall–Kier alpha value is -2.83. The molecule has 7 heteroatoms. The molecule has 3 aromatic rings. The normalized spacial score (nSPS) is 17.3. The Labute approximate surface area is 207 Å². The largest absolute Gasteiger partial charge is 0.497 e. The number of nitrogens with zero attached hydrogens (tertiary/aromatic N) is 2. The highest BCUT2D eigenvalue weighted by Gasteiger charge is 2.38. The molecule has 3 aromatic carbocycles. The zero-order chi connectivity index (χ0) is 23.7. The molecule has 0 aliphatic carbocycles. The lowest BCUT2D eigenvalue weighted by Crippen LogP contribution is -2.47. The van der Waals surface area contributed by atoms with E-state index in [0.717, 1.165) is 21.4 Å². The number of carbonyl (C=O) groups excluding carboxylic acids is 2. The molecule has 0 saturated carbocycles. The van der Waals surface area contributed by atoms with Gasteiger partial charge in [-0.25, -0.2) is 0 Å². The van der Waals surface area contributed by atoms with Crippen LogP contribution in [0.3, 0.4) is 0 Å². The van der Waals surface area contributed by atoms with E-state index in [4.69, 9.17) is 16.3 Å². The van der Waals surface area contributed by atoms with Crippen LogP contribution < -0.4 is 14.5 Å². The van der Waals surface area contributed by atoms with E-state index in [9.17, 15) is 9.59 Å². The van der Waals surface area contributed by atoms with Gasteiger partial charge < -0.3 is 14.5 Å². The molecule has 0 unspecified atom stereocenters. The summed E-state index contributed by atoms with van der Waals surface area (Å²) in [6.45, 7) is 3.56. The van der Waals surface area contributed by atoms with Crippen molar-refractivity contribution in [1.82, 2.24) is 0 Å². The van der Waals surface area contributed by atoms with E-state index in [2.05, 4.69) is 15.9 Å². The Morgan fingerprint density at radius 1 is 1.09 bits per heavy atom. The summed E-state index contributed by atoms with van der Waals surface area (Å²) in [5.41, 5.74) is 3.03. The van der Waals surface area contributed by atoms with E-state index in [-0.39, 0.29) is 23.9 Å². The van der Waals surface area contributed by atoms with Crippen molar-refractivity contribution in [2.75, 3.05) is 16.9 Å². The molecule has 33 heavy (non-hydrogen) atoms. The van der Waals surface area contributed by atoms with Crippen LogP contribution in [0.1, 0.15) is 42.2 Å². The van der Waals surface area contributed by atoms with Crippen LogP contribution in [-0.4, -0.2) is 25.0 Å². The van der Waals surface area contributed by atoms with Crippen molar-refractivity contribution in [2.45, 2.75) is 32.4 Å². The van der Waals surface area contributed by atoms with E-state index in [1.165, 1.54) is 0 Å². The van der Waals surface area contributed by atoms with Crippen LogP contribution in [0.15, 0.2) is 71.2 Å². The predicted octanol–water partition coefficient (Wildman–Crippen LogP) is 6.64. The number of hydrogen-bond acceptors (Lipinski definition) is 3. The number of anilines is 2. The van der Waals surface area contributed by atoms with Gasteiger partial charge in [0.05, 0.1) is 18.2 Å². The Morgan fingerprint density at radius 3 is 2.42 bits per heavy atom. The lowest BCUT2D eigenvalue weighted by Gasteiger charge is -2.43. The Morgan fingerprint density at radius 2 is 1.79 bits per heavy atom. The van der Waals surface area contributed by atoms with Crippen molar-refractivity contribution in [1.29, 1.82) is 0 Å². The van der Waals surface area contributed by atoms with Gasteiger partial charge >= 0.3 is 0 Å². The topological polar surface area (TPSA) is 49.9 Å². The molecule has 1 aliphatic heterocycles. The minimum absolute atomic E-state index is 0.0860. The second kappa shape index (κ2) is 9.57. The summed E-state index contributed by atoms with van der Waals surface area (Å²) in [6.07, 6.45) is 0.589. The van der Waals surface area contributed by atoms with E-state index in [0.29, 0.717) is 22.8 Å². The molecule has 1 heterocycles. The lowest BCUT2D eigenvalue weighted by atomic mass is 9.89. The van der Waals surface area contributed by atoms with Crippen molar-refractivity contribution in [3.05, 3.63) is 87.4 Å². The van der Waals surface area contributed by atoms with Gasteiger partial charge in [-0.1, -0.05) is 29.8 Å². The zero-order valence-electron chi connectivity index (χ0n) is 18.6. The summed E-state index contributed by atoms with van der Waals surface area (Å²) in [5, 5.41) is 0.534. The molecule has 1 aliphatic rings. The number of benzene rings is 3. The molecule has 0 radical (unpaired) electrons. The van der Waals surface area contributed by atoms with Crippen LogP contribution in [0.4, 0.5) is 11.4 Å². The number of hydrogen-bond donors (Lipinski definition) is 0. The molecule has 0 bridgehead atoms. The third-order valence-corrected chi connectivity index (χ3v) is 7.18. The lowest BCUT2D eigenvalue weighted by molar-refractivity contribution is -0.117. The van der Waals surface area contributed by atoms with Gasteiger partial charge in [-0.3, -0.25) is 9.59 Å². The molecule has 2 atom stereocenters. The summed E-state index contributed by atoms with van der Waals surface area (Å²) >= 11 is 9.75. The van der Waals surface area contributed by atoms with Gasteiger partial charge in [0.1, 0.15) is 5.75 Å². The molecule has 0 N–H and O–H groups in total. The van der Waals surface area contributed by atoms with Crippen molar-refractivity contribution >= 4 is 50.7 Å². The summed E-state index contributed by atoms with van der Waals surface area (Å²) in [7, 11) is 1.60.